The minimum atomic E-state index is -0.287. The molecular weight excluding hydrogens is 226 g/mol. The van der Waals surface area contributed by atoms with Gasteiger partial charge < -0.3 is 9.72 Å². The van der Waals surface area contributed by atoms with Crippen molar-refractivity contribution in [2.24, 2.45) is 0 Å². The number of carbonyl (C=O) groups excluding carboxylic acids is 1. The lowest BCUT2D eigenvalue weighted by Gasteiger charge is -2.19. The van der Waals surface area contributed by atoms with Crippen LogP contribution in [0.25, 0.3) is 10.9 Å². The maximum Gasteiger partial charge on any atom is 0.340 e. The molecule has 2 rings (SSSR count). The highest BCUT2D eigenvalue weighted by Gasteiger charge is 2.22. The van der Waals surface area contributed by atoms with Crippen molar-refractivity contribution >= 4 is 16.9 Å². The molecule has 0 saturated heterocycles. The van der Waals surface area contributed by atoms with E-state index in [-0.39, 0.29) is 11.4 Å². The molecule has 3 nitrogen and oxygen atoms in total. The van der Waals surface area contributed by atoms with E-state index in [0.717, 1.165) is 16.6 Å². The summed E-state index contributed by atoms with van der Waals surface area (Å²) in [5.41, 5.74) is 3.76. The predicted octanol–water partition coefficient (Wildman–Crippen LogP) is 3.56. The van der Waals surface area contributed by atoms with Gasteiger partial charge in [-0.15, -0.1) is 0 Å². The zero-order valence-electron chi connectivity index (χ0n) is 11.5. The molecular formula is C15H19NO2. The number of hydrogen-bond acceptors (Lipinski definition) is 2. The van der Waals surface area contributed by atoms with Gasteiger partial charge in [-0.3, -0.25) is 0 Å². The van der Waals surface area contributed by atoms with E-state index in [0.29, 0.717) is 5.56 Å². The van der Waals surface area contributed by atoms with Gasteiger partial charge in [-0.1, -0.05) is 39.0 Å². The van der Waals surface area contributed by atoms with E-state index in [1.807, 2.05) is 19.1 Å². The summed E-state index contributed by atoms with van der Waals surface area (Å²) in [5, 5.41) is 0.937. The molecule has 1 aromatic heterocycles. The molecule has 0 bridgehead atoms. The van der Waals surface area contributed by atoms with Gasteiger partial charge in [-0.25, -0.2) is 4.79 Å². The number of fused-ring (bicyclic) bond motifs is 1. The first kappa shape index (κ1) is 12.7. The number of aromatic nitrogens is 1. The Morgan fingerprint density at radius 2 is 1.94 bits per heavy atom. The summed E-state index contributed by atoms with van der Waals surface area (Å²) in [4.78, 5) is 15.1. The molecule has 0 atom stereocenters. The number of ether oxygens (including phenoxy) is 1. The van der Waals surface area contributed by atoms with Crippen LogP contribution in [0.3, 0.4) is 0 Å². The first-order valence-electron chi connectivity index (χ1n) is 6.06. The molecule has 0 unspecified atom stereocenters. The molecule has 0 aliphatic rings. The lowest BCUT2D eigenvalue weighted by atomic mass is 9.85. The zero-order valence-corrected chi connectivity index (χ0v) is 11.5. The summed E-state index contributed by atoms with van der Waals surface area (Å²) < 4.78 is 4.85. The topological polar surface area (TPSA) is 42.1 Å². The van der Waals surface area contributed by atoms with Crippen molar-refractivity contribution in [3.05, 3.63) is 35.0 Å². The fraction of sp³-hybridized carbons (Fsp3) is 0.400. The van der Waals surface area contributed by atoms with Crippen LogP contribution in [-0.2, 0) is 10.2 Å². The summed E-state index contributed by atoms with van der Waals surface area (Å²) >= 11 is 0. The zero-order chi connectivity index (χ0) is 13.5. The van der Waals surface area contributed by atoms with Gasteiger partial charge in [0.25, 0.3) is 0 Å². The SMILES string of the molecule is COC(=O)c1c(C)[nH]c2c(C(C)(C)C)cccc12. The Morgan fingerprint density at radius 1 is 1.28 bits per heavy atom. The molecule has 0 saturated carbocycles. The van der Waals surface area contributed by atoms with Crippen LogP contribution in [0.2, 0.25) is 0 Å². The molecule has 0 spiro atoms. The van der Waals surface area contributed by atoms with Crippen molar-refractivity contribution in [2.75, 3.05) is 7.11 Å². The van der Waals surface area contributed by atoms with Crippen molar-refractivity contribution in [1.82, 2.24) is 4.98 Å². The third-order valence-corrected chi connectivity index (χ3v) is 3.22. The molecule has 0 aliphatic heterocycles. The van der Waals surface area contributed by atoms with Crippen LogP contribution >= 0.6 is 0 Å². The van der Waals surface area contributed by atoms with Gasteiger partial charge in [-0.2, -0.15) is 0 Å². The fourth-order valence-electron chi connectivity index (χ4n) is 2.34. The van der Waals surface area contributed by atoms with Crippen LogP contribution < -0.4 is 0 Å². The molecule has 1 heterocycles. The highest BCUT2D eigenvalue weighted by atomic mass is 16.5. The number of methoxy groups -OCH3 is 1. The Hall–Kier alpha value is -1.77. The number of aryl methyl sites for hydroxylation is 1. The Kier molecular flexibility index (Phi) is 2.93. The number of rotatable bonds is 1. The van der Waals surface area contributed by atoms with Crippen molar-refractivity contribution in [3.8, 4) is 0 Å². The summed E-state index contributed by atoms with van der Waals surface area (Å²) in [5.74, 6) is -0.287. The minimum Gasteiger partial charge on any atom is -0.465 e. The quantitative estimate of drug-likeness (QED) is 0.780. The predicted molar refractivity (Wildman–Crippen MR) is 73.1 cm³/mol. The normalized spacial score (nSPS) is 11.8. The average Bonchev–Trinajstić information content (AvgIpc) is 2.62. The Balaban J connectivity index is 2.79. The fourth-order valence-corrected chi connectivity index (χ4v) is 2.34. The number of nitrogens with one attached hydrogen (secondary N) is 1. The summed E-state index contributed by atoms with van der Waals surface area (Å²) in [7, 11) is 1.41. The van der Waals surface area contributed by atoms with Crippen molar-refractivity contribution in [3.63, 3.8) is 0 Å². The third-order valence-electron chi connectivity index (χ3n) is 3.22. The van der Waals surface area contributed by atoms with E-state index in [4.69, 9.17) is 4.74 Å². The smallest absolute Gasteiger partial charge is 0.340 e. The van der Waals surface area contributed by atoms with E-state index in [9.17, 15) is 4.79 Å². The largest absolute Gasteiger partial charge is 0.465 e. The van der Waals surface area contributed by atoms with E-state index in [1.54, 1.807) is 0 Å². The number of para-hydroxylation sites is 1. The van der Waals surface area contributed by atoms with Gasteiger partial charge in [0.15, 0.2) is 0 Å². The molecule has 0 fully saturated rings. The van der Waals surface area contributed by atoms with E-state index in [2.05, 4.69) is 31.8 Å². The van der Waals surface area contributed by atoms with Gasteiger partial charge >= 0.3 is 5.97 Å². The van der Waals surface area contributed by atoms with E-state index in [1.165, 1.54) is 12.7 Å². The van der Waals surface area contributed by atoms with Crippen LogP contribution in [0.1, 0.15) is 42.4 Å². The maximum absolute atomic E-state index is 11.8. The lowest BCUT2D eigenvalue weighted by molar-refractivity contribution is 0.0602. The van der Waals surface area contributed by atoms with Gasteiger partial charge in [-0.05, 0) is 17.9 Å². The molecule has 96 valence electrons. The minimum absolute atomic E-state index is 0.0319. The second-order valence-electron chi connectivity index (χ2n) is 5.59. The number of hydrogen-bond donors (Lipinski definition) is 1. The molecule has 2 aromatic rings. The molecule has 1 N–H and O–H groups in total. The highest BCUT2D eigenvalue weighted by molar-refractivity contribution is 6.06. The third kappa shape index (κ3) is 1.90. The van der Waals surface area contributed by atoms with Crippen LogP contribution in [0, 0.1) is 6.92 Å². The summed E-state index contributed by atoms with van der Waals surface area (Å²) in [6.45, 7) is 8.39. The average molecular weight is 245 g/mol. The maximum atomic E-state index is 11.8. The molecule has 1 aromatic carbocycles. The van der Waals surface area contributed by atoms with Gasteiger partial charge in [0.05, 0.1) is 18.2 Å². The number of carbonyl (C=O) groups is 1. The van der Waals surface area contributed by atoms with E-state index < -0.39 is 0 Å². The van der Waals surface area contributed by atoms with Crippen LogP contribution in [0.5, 0.6) is 0 Å². The number of aromatic amines is 1. The lowest BCUT2D eigenvalue weighted by Crippen LogP contribution is -2.11. The first-order valence-corrected chi connectivity index (χ1v) is 6.06. The molecule has 0 radical (unpaired) electrons. The monoisotopic (exact) mass is 245 g/mol. The highest BCUT2D eigenvalue weighted by Crippen LogP contribution is 2.32. The van der Waals surface area contributed by atoms with E-state index >= 15 is 0 Å². The van der Waals surface area contributed by atoms with Crippen LogP contribution in [0.15, 0.2) is 18.2 Å². The Labute approximate surface area is 107 Å². The Bertz CT molecular complexity index is 603. The number of benzene rings is 1. The van der Waals surface area contributed by atoms with Crippen LogP contribution in [-0.4, -0.2) is 18.1 Å². The van der Waals surface area contributed by atoms with Crippen LogP contribution in [0.4, 0.5) is 0 Å². The van der Waals surface area contributed by atoms with Crippen molar-refractivity contribution in [1.29, 1.82) is 0 Å². The number of esters is 1. The van der Waals surface area contributed by atoms with Gasteiger partial charge in [0.1, 0.15) is 0 Å². The first-order chi connectivity index (χ1) is 8.36. The molecule has 0 aliphatic carbocycles. The second kappa shape index (κ2) is 4.16. The van der Waals surface area contributed by atoms with Crippen molar-refractivity contribution in [2.45, 2.75) is 33.1 Å². The number of H-pyrrole nitrogens is 1. The summed E-state index contributed by atoms with van der Waals surface area (Å²) in [6.07, 6.45) is 0. The molecule has 3 heteroatoms. The Morgan fingerprint density at radius 3 is 2.50 bits per heavy atom. The molecule has 0 amide bonds. The van der Waals surface area contributed by atoms with Crippen molar-refractivity contribution < 1.29 is 9.53 Å². The standard InChI is InChI=1S/C15H19NO2/c1-9-12(14(17)18-5)10-7-6-8-11(13(10)16-9)15(2,3)4/h6-8,16H,1-5H3. The molecule has 18 heavy (non-hydrogen) atoms. The van der Waals surface area contributed by atoms with Gasteiger partial charge in [0.2, 0.25) is 0 Å². The second-order valence-corrected chi connectivity index (χ2v) is 5.59. The summed E-state index contributed by atoms with van der Waals surface area (Å²) in [6, 6.07) is 6.04. The van der Waals surface area contributed by atoms with Gasteiger partial charge in [0, 0.05) is 11.1 Å².